The summed E-state index contributed by atoms with van der Waals surface area (Å²) in [6.07, 6.45) is 10.7. The van der Waals surface area contributed by atoms with Gasteiger partial charge in [0.2, 0.25) is 13.6 Å². The fourth-order valence-electron chi connectivity index (χ4n) is 8.65. The summed E-state index contributed by atoms with van der Waals surface area (Å²) < 4.78 is 56.0. The van der Waals surface area contributed by atoms with E-state index in [0.29, 0.717) is 69.4 Å². The van der Waals surface area contributed by atoms with Crippen molar-refractivity contribution in [1.82, 2.24) is 29.1 Å². The first kappa shape index (κ1) is 40.8. The topological polar surface area (TPSA) is 150 Å². The van der Waals surface area contributed by atoms with Gasteiger partial charge in [-0.2, -0.15) is 0 Å². The quantitative estimate of drug-likeness (QED) is 0.136. The molecule has 2 aliphatic heterocycles. The molecule has 328 valence electrons. The minimum Gasteiger partial charge on any atom is -0.454 e. The first-order chi connectivity index (χ1) is 32.4. The second kappa shape index (κ2) is 17.2. The number of aromatic nitrogens is 6. The Morgan fingerprint density at radius 2 is 0.894 bits per heavy atom. The summed E-state index contributed by atoms with van der Waals surface area (Å²) in [5.74, 6) is 1.87. The van der Waals surface area contributed by atoms with Gasteiger partial charge in [-0.3, -0.25) is 19.1 Å². The van der Waals surface area contributed by atoms with Crippen LogP contribution in [0.5, 0.6) is 23.0 Å². The van der Waals surface area contributed by atoms with Crippen LogP contribution < -0.4 is 30.4 Å². The largest absolute Gasteiger partial charge is 0.454 e. The number of nitrogens with two attached hydrogens (primary N) is 2. The van der Waals surface area contributed by atoms with Gasteiger partial charge in [-0.1, -0.05) is 36.4 Å². The van der Waals surface area contributed by atoms with Crippen molar-refractivity contribution in [1.29, 1.82) is 0 Å². The SMILES string of the molecule is NCCCc1ccc(-n2cnc3cnc4cc(F)c(-c5ccc6c(c5)OCO6)cc4c32)cc1.NCCCc1ccc(-n2cnc3cnc4cc(F)c(-c5ccc6c(c5)OCO6)cc4c32)cc1. The van der Waals surface area contributed by atoms with E-state index in [-0.39, 0.29) is 25.2 Å². The fraction of sp³-hybridized carbons (Fsp3) is 0.154. The summed E-state index contributed by atoms with van der Waals surface area (Å²) in [5.41, 5.74) is 22.5. The van der Waals surface area contributed by atoms with E-state index in [4.69, 9.17) is 30.4 Å². The summed E-state index contributed by atoms with van der Waals surface area (Å²) in [6, 6.07) is 34.2. The molecule has 0 fully saturated rings. The zero-order chi connectivity index (χ0) is 44.7. The normalized spacial score (nSPS) is 12.7. The summed E-state index contributed by atoms with van der Waals surface area (Å²) in [5, 5.41) is 1.65. The lowest BCUT2D eigenvalue weighted by molar-refractivity contribution is 0.173. The van der Waals surface area contributed by atoms with Crippen molar-refractivity contribution >= 4 is 43.9 Å². The summed E-state index contributed by atoms with van der Waals surface area (Å²) in [7, 11) is 0. The number of hydrogen-bond acceptors (Lipinski definition) is 10. The first-order valence-electron chi connectivity index (χ1n) is 21.7. The third-order valence-corrected chi connectivity index (χ3v) is 12.1. The molecule has 6 heterocycles. The third kappa shape index (κ3) is 7.55. The van der Waals surface area contributed by atoms with Crippen molar-refractivity contribution in [3.8, 4) is 56.6 Å². The van der Waals surface area contributed by atoms with E-state index >= 15 is 8.78 Å². The van der Waals surface area contributed by atoms with Crippen molar-refractivity contribution in [3.63, 3.8) is 0 Å². The zero-order valence-corrected chi connectivity index (χ0v) is 35.6. The van der Waals surface area contributed by atoms with Gasteiger partial charge >= 0.3 is 0 Å². The highest BCUT2D eigenvalue weighted by Gasteiger charge is 2.20. The molecule has 4 aromatic heterocycles. The van der Waals surface area contributed by atoms with Crippen LogP contribution in [0, 0.1) is 11.6 Å². The van der Waals surface area contributed by atoms with Crippen LogP contribution in [0.2, 0.25) is 0 Å². The Balaban J connectivity index is 0.000000146. The van der Waals surface area contributed by atoms with Crippen molar-refractivity contribution in [2.24, 2.45) is 11.5 Å². The van der Waals surface area contributed by atoms with Crippen LogP contribution in [0.3, 0.4) is 0 Å². The van der Waals surface area contributed by atoms with Gasteiger partial charge in [0, 0.05) is 45.4 Å². The number of benzene rings is 6. The second-order valence-corrected chi connectivity index (χ2v) is 16.2. The van der Waals surface area contributed by atoms with E-state index in [1.807, 2.05) is 33.4 Å². The van der Waals surface area contributed by atoms with Crippen LogP contribution in [0.15, 0.2) is 134 Å². The number of imidazole rings is 2. The maximum Gasteiger partial charge on any atom is 0.231 e. The lowest BCUT2D eigenvalue weighted by Gasteiger charge is -2.10. The van der Waals surface area contributed by atoms with E-state index < -0.39 is 0 Å². The number of hydrogen-bond donors (Lipinski definition) is 2. The van der Waals surface area contributed by atoms with E-state index in [1.54, 1.807) is 49.3 Å². The van der Waals surface area contributed by atoms with Gasteiger partial charge in [0.05, 0.1) is 34.5 Å². The Kier molecular flexibility index (Phi) is 10.6. The van der Waals surface area contributed by atoms with Gasteiger partial charge in [0.25, 0.3) is 0 Å². The Morgan fingerprint density at radius 1 is 0.470 bits per heavy atom. The molecular formula is C52H42F2N8O4. The molecule has 0 bridgehead atoms. The van der Waals surface area contributed by atoms with Gasteiger partial charge in [0.15, 0.2) is 23.0 Å². The molecule has 0 spiro atoms. The number of pyridine rings is 2. The summed E-state index contributed by atoms with van der Waals surface area (Å²) in [6.45, 7) is 1.70. The molecule has 0 atom stereocenters. The molecule has 0 aliphatic carbocycles. The Morgan fingerprint density at radius 3 is 1.32 bits per heavy atom. The van der Waals surface area contributed by atoms with Gasteiger partial charge in [-0.05, 0) is 122 Å². The van der Waals surface area contributed by atoms with Crippen LogP contribution in [0.4, 0.5) is 8.78 Å². The number of rotatable bonds is 10. The molecule has 14 heteroatoms. The van der Waals surface area contributed by atoms with Gasteiger partial charge < -0.3 is 30.4 Å². The highest BCUT2D eigenvalue weighted by molar-refractivity contribution is 6.05. The Labute approximate surface area is 377 Å². The number of fused-ring (bicyclic) bond motifs is 8. The maximum absolute atomic E-state index is 15.1. The minimum atomic E-state index is -0.344. The van der Waals surface area contributed by atoms with Crippen molar-refractivity contribution in [2.75, 3.05) is 26.7 Å². The smallest absolute Gasteiger partial charge is 0.231 e. The highest BCUT2D eigenvalue weighted by atomic mass is 19.1. The molecule has 12 rings (SSSR count). The van der Waals surface area contributed by atoms with Crippen molar-refractivity contribution in [2.45, 2.75) is 25.7 Å². The van der Waals surface area contributed by atoms with Crippen molar-refractivity contribution in [3.05, 3.63) is 157 Å². The average Bonchev–Trinajstić information content (AvgIpc) is 4.19. The molecule has 66 heavy (non-hydrogen) atoms. The number of halogens is 2. The minimum absolute atomic E-state index is 0.174. The molecule has 0 radical (unpaired) electrons. The molecule has 6 aromatic carbocycles. The predicted molar refractivity (Wildman–Crippen MR) is 251 cm³/mol. The molecule has 10 aromatic rings. The zero-order valence-electron chi connectivity index (χ0n) is 35.6. The van der Waals surface area contributed by atoms with Crippen LogP contribution >= 0.6 is 0 Å². The molecule has 12 nitrogen and oxygen atoms in total. The van der Waals surface area contributed by atoms with Gasteiger partial charge in [-0.15, -0.1) is 0 Å². The fourth-order valence-corrected chi connectivity index (χ4v) is 8.65. The molecule has 0 unspecified atom stereocenters. The molecule has 2 aliphatic rings. The number of nitrogens with zero attached hydrogens (tertiary/aromatic N) is 6. The van der Waals surface area contributed by atoms with Gasteiger partial charge in [-0.25, -0.2) is 18.7 Å². The Hall–Kier alpha value is -7.94. The van der Waals surface area contributed by atoms with Gasteiger partial charge in [0.1, 0.15) is 35.3 Å². The number of aryl methyl sites for hydroxylation is 2. The van der Waals surface area contributed by atoms with E-state index in [9.17, 15) is 0 Å². The standard InChI is InChI=1S/2C26H21FN4O2/c2*27-21-12-22-20(11-19(21)17-5-8-24-25(10-17)33-15-32-24)26-23(13-29-22)30-14-31(26)18-6-3-16(4-7-18)2-1-9-28/h2*3-8,10-14H,1-2,9,15,28H2. The van der Waals surface area contributed by atoms with Crippen LogP contribution in [-0.4, -0.2) is 55.7 Å². The predicted octanol–water partition coefficient (Wildman–Crippen LogP) is 10.00. The first-order valence-corrected chi connectivity index (χ1v) is 21.7. The lowest BCUT2D eigenvalue weighted by atomic mass is 10.0. The average molecular weight is 881 g/mol. The highest BCUT2D eigenvalue weighted by Crippen LogP contribution is 2.40. The third-order valence-electron chi connectivity index (χ3n) is 12.1. The summed E-state index contributed by atoms with van der Waals surface area (Å²) in [4.78, 5) is 18.0. The monoisotopic (exact) mass is 880 g/mol. The summed E-state index contributed by atoms with van der Waals surface area (Å²) >= 11 is 0. The van der Waals surface area contributed by atoms with Crippen molar-refractivity contribution < 1.29 is 27.7 Å². The van der Waals surface area contributed by atoms with Crippen LogP contribution in [-0.2, 0) is 12.8 Å². The van der Waals surface area contributed by atoms with Crippen LogP contribution in [0.25, 0.3) is 77.5 Å². The molecular weight excluding hydrogens is 839 g/mol. The number of ether oxygens (including phenoxy) is 4. The molecule has 0 amide bonds. The van der Waals surface area contributed by atoms with Crippen LogP contribution in [0.1, 0.15) is 24.0 Å². The molecule has 0 saturated carbocycles. The lowest BCUT2D eigenvalue weighted by Crippen LogP contribution is -2.00. The molecule has 4 N–H and O–H groups in total. The molecule has 0 saturated heterocycles. The van der Waals surface area contributed by atoms with E-state index in [1.165, 1.54) is 23.3 Å². The maximum atomic E-state index is 15.1. The second-order valence-electron chi connectivity index (χ2n) is 16.2. The Bertz CT molecular complexity index is 3220. The van der Waals surface area contributed by atoms with E-state index in [2.05, 4.69) is 68.5 Å². The van der Waals surface area contributed by atoms with E-state index in [0.717, 1.165) is 69.9 Å².